The van der Waals surface area contributed by atoms with Crippen molar-refractivity contribution in [2.75, 3.05) is 20.8 Å². The fourth-order valence-corrected chi connectivity index (χ4v) is 4.08. The number of carbonyl (C=O) groups is 1. The van der Waals surface area contributed by atoms with Gasteiger partial charge in [-0.05, 0) is 11.6 Å². The lowest BCUT2D eigenvalue weighted by Crippen LogP contribution is -2.48. The van der Waals surface area contributed by atoms with Crippen molar-refractivity contribution in [1.82, 2.24) is 5.06 Å². The summed E-state index contributed by atoms with van der Waals surface area (Å²) in [5.41, 5.74) is 0.0726. The maximum Gasteiger partial charge on any atom is 0.320 e. The van der Waals surface area contributed by atoms with Gasteiger partial charge in [0, 0.05) is 24.7 Å². The second-order valence-corrected chi connectivity index (χ2v) is 6.64. The minimum absolute atomic E-state index is 0.0407. The van der Waals surface area contributed by atoms with Crippen molar-refractivity contribution >= 4 is 11.7 Å². The van der Waals surface area contributed by atoms with E-state index in [9.17, 15) is 14.9 Å². The SMILES string of the molecule is COC(=O)[C@]12COc3ccccc3[C@H]1N(C)O[C@H]2c1cccc([N+](=O)[O-])c1. The van der Waals surface area contributed by atoms with Crippen molar-refractivity contribution in [3.05, 3.63) is 69.8 Å². The zero-order valence-electron chi connectivity index (χ0n) is 14.8. The number of rotatable bonds is 3. The summed E-state index contributed by atoms with van der Waals surface area (Å²) in [4.78, 5) is 29.7. The Labute approximate surface area is 155 Å². The predicted molar refractivity (Wildman–Crippen MR) is 93.8 cm³/mol. The van der Waals surface area contributed by atoms with Crippen molar-refractivity contribution in [3.63, 3.8) is 0 Å². The summed E-state index contributed by atoms with van der Waals surface area (Å²) in [6.07, 6.45) is -0.784. The molecule has 27 heavy (non-hydrogen) atoms. The van der Waals surface area contributed by atoms with Gasteiger partial charge < -0.3 is 9.47 Å². The lowest BCUT2D eigenvalue weighted by Gasteiger charge is -2.39. The maximum absolute atomic E-state index is 13.0. The molecule has 8 heteroatoms. The Balaban J connectivity index is 1.88. The van der Waals surface area contributed by atoms with E-state index >= 15 is 0 Å². The number of benzene rings is 2. The molecule has 0 unspecified atom stereocenters. The summed E-state index contributed by atoms with van der Waals surface area (Å²) in [7, 11) is 3.05. The summed E-state index contributed by atoms with van der Waals surface area (Å²) in [6.45, 7) is 0.0407. The smallest absolute Gasteiger partial charge is 0.320 e. The molecule has 2 aliphatic heterocycles. The van der Waals surface area contributed by atoms with Crippen molar-refractivity contribution in [1.29, 1.82) is 0 Å². The fourth-order valence-electron chi connectivity index (χ4n) is 4.08. The first-order valence-corrected chi connectivity index (χ1v) is 8.43. The van der Waals surface area contributed by atoms with Gasteiger partial charge in [0.05, 0.1) is 18.1 Å². The van der Waals surface area contributed by atoms with Gasteiger partial charge >= 0.3 is 5.97 Å². The summed E-state index contributed by atoms with van der Waals surface area (Å²) in [5, 5.41) is 12.8. The minimum atomic E-state index is -1.19. The first-order chi connectivity index (χ1) is 13.0. The van der Waals surface area contributed by atoms with Crippen molar-refractivity contribution in [2.45, 2.75) is 12.1 Å². The van der Waals surface area contributed by atoms with Crippen LogP contribution in [0.5, 0.6) is 5.75 Å². The second kappa shape index (κ2) is 6.33. The summed E-state index contributed by atoms with van der Waals surface area (Å²) in [6, 6.07) is 13.1. The summed E-state index contributed by atoms with van der Waals surface area (Å²) in [5.74, 6) is 0.194. The Hall–Kier alpha value is -2.97. The molecule has 8 nitrogen and oxygen atoms in total. The van der Waals surface area contributed by atoms with Crippen LogP contribution in [0.2, 0.25) is 0 Å². The van der Waals surface area contributed by atoms with Crippen LogP contribution in [-0.4, -0.2) is 36.7 Å². The number of nitrogens with zero attached hydrogens (tertiary/aromatic N) is 2. The molecule has 0 bridgehead atoms. The average molecular weight is 370 g/mol. The van der Waals surface area contributed by atoms with Crippen molar-refractivity contribution in [3.8, 4) is 5.75 Å². The maximum atomic E-state index is 13.0. The third-order valence-corrected chi connectivity index (χ3v) is 5.22. The number of fused-ring (bicyclic) bond motifs is 3. The highest BCUT2D eigenvalue weighted by atomic mass is 16.7. The molecule has 0 radical (unpaired) electrons. The van der Waals surface area contributed by atoms with Gasteiger partial charge in [-0.1, -0.05) is 30.3 Å². The van der Waals surface area contributed by atoms with Gasteiger partial charge in [-0.25, -0.2) is 0 Å². The fraction of sp³-hybridized carbons (Fsp3) is 0.316. The zero-order valence-corrected chi connectivity index (χ0v) is 14.8. The highest BCUT2D eigenvalue weighted by Crippen LogP contribution is 2.59. The van der Waals surface area contributed by atoms with Crippen LogP contribution in [-0.2, 0) is 14.4 Å². The minimum Gasteiger partial charge on any atom is -0.492 e. The van der Waals surface area contributed by atoms with E-state index in [1.807, 2.05) is 24.3 Å². The molecule has 0 spiro atoms. The Morgan fingerprint density at radius 1 is 1.30 bits per heavy atom. The normalized spacial score (nSPS) is 26.6. The first kappa shape index (κ1) is 17.4. The number of para-hydroxylation sites is 1. The number of nitro benzene ring substituents is 1. The van der Waals surface area contributed by atoms with Gasteiger partial charge in [-0.2, -0.15) is 5.06 Å². The Kier molecular flexibility index (Phi) is 4.09. The molecular formula is C19H18N2O6. The van der Waals surface area contributed by atoms with Crippen LogP contribution in [0.4, 0.5) is 5.69 Å². The number of esters is 1. The van der Waals surface area contributed by atoms with Gasteiger partial charge in [0.1, 0.15) is 18.5 Å². The number of carbonyl (C=O) groups excluding carboxylic acids is 1. The predicted octanol–water partition coefficient (Wildman–Crippen LogP) is 2.81. The van der Waals surface area contributed by atoms with Gasteiger partial charge in [0.25, 0.3) is 5.69 Å². The Bertz CT molecular complexity index is 917. The third-order valence-electron chi connectivity index (χ3n) is 5.22. The molecular weight excluding hydrogens is 352 g/mol. The molecule has 0 amide bonds. The molecule has 1 fully saturated rings. The van der Waals surface area contributed by atoms with Gasteiger partial charge in [0.15, 0.2) is 5.41 Å². The molecule has 0 aliphatic carbocycles. The molecule has 2 heterocycles. The highest BCUT2D eigenvalue weighted by Gasteiger charge is 2.64. The van der Waals surface area contributed by atoms with E-state index in [0.717, 1.165) is 5.56 Å². The molecule has 1 saturated heterocycles. The topological polar surface area (TPSA) is 91.1 Å². The highest BCUT2D eigenvalue weighted by molar-refractivity contribution is 5.81. The van der Waals surface area contributed by atoms with Crippen LogP contribution >= 0.6 is 0 Å². The number of ether oxygens (including phenoxy) is 2. The van der Waals surface area contributed by atoms with E-state index in [4.69, 9.17) is 14.3 Å². The molecule has 140 valence electrons. The van der Waals surface area contributed by atoms with Crippen LogP contribution in [0.1, 0.15) is 23.3 Å². The van der Waals surface area contributed by atoms with E-state index in [-0.39, 0.29) is 12.3 Å². The number of methoxy groups -OCH3 is 1. The standard InChI is InChI=1S/C19H18N2O6/c1-20-16-14-8-3-4-9-15(14)26-11-19(16,18(22)25-2)17(27-20)12-6-5-7-13(10-12)21(23)24/h3-10,16-17H,11H2,1-2H3/t16-,17+,19-/m1/s1. The van der Waals surface area contributed by atoms with E-state index in [2.05, 4.69) is 0 Å². The zero-order chi connectivity index (χ0) is 19.2. The van der Waals surface area contributed by atoms with Crippen LogP contribution < -0.4 is 4.74 Å². The monoisotopic (exact) mass is 370 g/mol. The molecule has 0 aromatic heterocycles. The number of nitro groups is 1. The van der Waals surface area contributed by atoms with Gasteiger partial charge in [-0.15, -0.1) is 0 Å². The molecule has 2 aliphatic rings. The van der Waals surface area contributed by atoms with Crippen LogP contribution in [0.25, 0.3) is 0 Å². The van der Waals surface area contributed by atoms with E-state index in [1.54, 1.807) is 24.2 Å². The number of hydrogen-bond acceptors (Lipinski definition) is 7. The Morgan fingerprint density at radius 3 is 2.81 bits per heavy atom. The molecule has 0 N–H and O–H groups in total. The Morgan fingerprint density at radius 2 is 2.07 bits per heavy atom. The third kappa shape index (κ3) is 2.48. The van der Waals surface area contributed by atoms with Crippen LogP contribution in [0.3, 0.4) is 0 Å². The lowest BCUT2D eigenvalue weighted by atomic mass is 9.70. The first-order valence-electron chi connectivity index (χ1n) is 8.43. The average Bonchev–Trinajstić information content (AvgIpc) is 3.01. The molecule has 2 aromatic rings. The van der Waals surface area contributed by atoms with E-state index in [1.165, 1.54) is 19.2 Å². The molecule has 4 rings (SSSR count). The quantitative estimate of drug-likeness (QED) is 0.466. The molecule has 3 atom stereocenters. The lowest BCUT2D eigenvalue weighted by molar-refractivity contribution is -0.385. The molecule has 2 aromatic carbocycles. The van der Waals surface area contributed by atoms with E-state index < -0.39 is 28.5 Å². The van der Waals surface area contributed by atoms with Crippen molar-refractivity contribution < 1.29 is 24.0 Å². The number of hydrogen-bond donors (Lipinski definition) is 0. The molecule has 0 saturated carbocycles. The van der Waals surface area contributed by atoms with E-state index in [0.29, 0.717) is 11.3 Å². The largest absolute Gasteiger partial charge is 0.492 e. The summed E-state index contributed by atoms with van der Waals surface area (Å²) < 4.78 is 11.0. The second-order valence-electron chi connectivity index (χ2n) is 6.64. The number of non-ortho nitro benzene ring substituents is 1. The van der Waals surface area contributed by atoms with Gasteiger partial charge in [0.2, 0.25) is 0 Å². The van der Waals surface area contributed by atoms with Crippen LogP contribution in [0, 0.1) is 15.5 Å². The van der Waals surface area contributed by atoms with Gasteiger partial charge in [-0.3, -0.25) is 19.7 Å². The van der Waals surface area contributed by atoms with Crippen LogP contribution in [0.15, 0.2) is 48.5 Å². The number of hydroxylamine groups is 2. The van der Waals surface area contributed by atoms with Crippen molar-refractivity contribution in [2.24, 2.45) is 5.41 Å². The summed E-state index contributed by atoms with van der Waals surface area (Å²) >= 11 is 0.